The molecule has 1 fully saturated rings. The van der Waals surface area contributed by atoms with Crippen LogP contribution < -0.4 is 15.5 Å². The summed E-state index contributed by atoms with van der Waals surface area (Å²) in [6.45, 7) is 7.01. The Kier molecular flexibility index (Phi) is 5.59. The highest BCUT2D eigenvalue weighted by Gasteiger charge is 2.11. The molecule has 1 aliphatic heterocycles. The van der Waals surface area contributed by atoms with Crippen molar-refractivity contribution in [2.45, 2.75) is 33.1 Å². The Bertz CT molecular complexity index is 718. The van der Waals surface area contributed by atoms with E-state index in [4.69, 9.17) is 0 Å². The maximum absolute atomic E-state index is 12.1. The molecule has 4 nitrogen and oxygen atoms in total. The molecule has 4 heteroatoms. The van der Waals surface area contributed by atoms with Crippen LogP contribution in [0.2, 0.25) is 0 Å². The molecule has 0 spiro atoms. The van der Waals surface area contributed by atoms with Crippen LogP contribution >= 0.6 is 0 Å². The van der Waals surface area contributed by atoms with Gasteiger partial charge in [-0.1, -0.05) is 17.7 Å². The third kappa shape index (κ3) is 4.75. The summed E-state index contributed by atoms with van der Waals surface area (Å²) >= 11 is 0. The molecule has 1 saturated heterocycles. The molecule has 1 heterocycles. The van der Waals surface area contributed by atoms with Crippen molar-refractivity contribution < 1.29 is 4.79 Å². The molecular weight excluding hydrogens is 310 g/mol. The van der Waals surface area contributed by atoms with E-state index in [-0.39, 0.29) is 5.91 Å². The number of rotatable bonds is 6. The first-order valence-electron chi connectivity index (χ1n) is 9.08. The summed E-state index contributed by atoms with van der Waals surface area (Å²) in [6.07, 6.45) is 3.02. The number of hydrogen-bond acceptors (Lipinski definition) is 3. The average molecular weight is 337 g/mol. The Hall–Kier alpha value is -2.49. The van der Waals surface area contributed by atoms with Gasteiger partial charge in [0, 0.05) is 43.1 Å². The molecule has 1 amide bonds. The summed E-state index contributed by atoms with van der Waals surface area (Å²) in [7, 11) is 0. The van der Waals surface area contributed by atoms with Crippen molar-refractivity contribution in [3.8, 4) is 0 Å². The Morgan fingerprint density at radius 1 is 1.04 bits per heavy atom. The first kappa shape index (κ1) is 17.3. The topological polar surface area (TPSA) is 44.4 Å². The van der Waals surface area contributed by atoms with Gasteiger partial charge in [0.05, 0.1) is 0 Å². The molecule has 0 bridgehead atoms. The van der Waals surface area contributed by atoms with Gasteiger partial charge in [0.15, 0.2) is 0 Å². The fourth-order valence-electron chi connectivity index (χ4n) is 3.25. The van der Waals surface area contributed by atoms with Crippen LogP contribution in [0.5, 0.6) is 0 Å². The zero-order valence-electron chi connectivity index (χ0n) is 15.1. The van der Waals surface area contributed by atoms with Crippen molar-refractivity contribution in [3.63, 3.8) is 0 Å². The summed E-state index contributed by atoms with van der Waals surface area (Å²) in [6, 6.07) is 14.6. The Balaban J connectivity index is 1.45. The summed E-state index contributed by atoms with van der Waals surface area (Å²) in [5.74, 6) is 0.0353. The molecule has 3 rings (SSSR count). The number of carbonyl (C=O) groups is 1. The van der Waals surface area contributed by atoms with Crippen molar-refractivity contribution in [3.05, 3.63) is 53.6 Å². The number of carbonyl (C=O) groups excluding carboxylic acids is 1. The first-order chi connectivity index (χ1) is 12.1. The summed E-state index contributed by atoms with van der Waals surface area (Å²) in [4.78, 5) is 14.5. The molecular formula is C21H27N3O. The van der Waals surface area contributed by atoms with Crippen LogP contribution in [0.15, 0.2) is 42.5 Å². The van der Waals surface area contributed by atoms with Crippen molar-refractivity contribution in [1.29, 1.82) is 0 Å². The molecule has 0 saturated carbocycles. The lowest BCUT2D eigenvalue weighted by Gasteiger charge is -2.18. The first-order valence-corrected chi connectivity index (χ1v) is 9.08. The third-order valence-electron chi connectivity index (χ3n) is 4.68. The van der Waals surface area contributed by atoms with Gasteiger partial charge in [-0.25, -0.2) is 0 Å². The van der Waals surface area contributed by atoms with E-state index in [9.17, 15) is 4.79 Å². The molecule has 25 heavy (non-hydrogen) atoms. The van der Waals surface area contributed by atoms with Crippen LogP contribution in [0.4, 0.5) is 17.1 Å². The van der Waals surface area contributed by atoms with E-state index >= 15 is 0 Å². The van der Waals surface area contributed by atoms with Gasteiger partial charge in [0.2, 0.25) is 5.91 Å². The minimum atomic E-state index is 0.0353. The monoisotopic (exact) mass is 337 g/mol. The van der Waals surface area contributed by atoms with E-state index < -0.39 is 0 Å². The van der Waals surface area contributed by atoms with Gasteiger partial charge in [-0.3, -0.25) is 4.79 Å². The summed E-state index contributed by atoms with van der Waals surface area (Å²) in [5.41, 5.74) is 5.54. The quantitative estimate of drug-likeness (QED) is 0.824. The van der Waals surface area contributed by atoms with Gasteiger partial charge in [-0.2, -0.15) is 0 Å². The van der Waals surface area contributed by atoms with E-state index in [1.165, 1.54) is 24.1 Å². The number of benzene rings is 2. The second kappa shape index (κ2) is 8.06. The number of anilines is 3. The fraction of sp³-hybridized carbons (Fsp3) is 0.381. The SMILES string of the molecule is Cc1ccc(NC(=O)CCNc2ccc(N3CCCC3)cc2)c(C)c1. The standard InChI is InChI=1S/C21H27N3O/c1-16-5-10-20(17(2)15-16)23-21(25)11-12-22-18-6-8-19(9-7-18)24-13-3-4-14-24/h5-10,15,22H,3-4,11-14H2,1-2H3,(H,23,25). The Morgan fingerprint density at radius 3 is 2.44 bits per heavy atom. The zero-order chi connectivity index (χ0) is 17.6. The van der Waals surface area contributed by atoms with E-state index in [1.54, 1.807) is 0 Å². The fourth-order valence-corrected chi connectivity index (χ4v) is 3.25. The predicted octanol–water partition coefficient (Wildman–Crippen LogP) is 4.34. The molecule has 0 aliphatic carbocycles. The number of hydrogen-bond donors (Lipinski definition) is 2. The maximum Gasteiger partial charge on any atom is 0.226 e. The van der Waals surface area contributed by atoms with Gasteiger partial charge in [0.1, 0.15) is 0 Å². The maximum atomic E-state index is 12.1. The molecule has 2 N–H and O–H groups in total. The van der Waals surface area contributed by atoms with Crippen LogP contribution in [0.25, 0.3) is 0 Å². The van der Waals surface area contributed by atoms with Crippen LogP contribution in [-0.4, -0.2) is 25.5 Å². The number of amides is 1. The van der Waals surface area contributed by atoms with E-state index in [1.807, 2.05) is 19.1 Å². The molecule has 132 valence electrons. The Morgan fingerprint density at radius 2 is 1.76 bits per heavy atom. The highest BCUT2D eigenvalue weighted by atomic mass is 16.1. The highest BCUT2D eigenvalue weighted by molar-refractivity contribution is 5.91. The van der Waals surface area contributed by atoms with Crippen molar-refractivity contribution >= 4 is 23.0 Å². The van der Waals surface area contributed by atoms with Gasteiger partial charge >= 0.3 is 0 Å². The average Bonchev–Trinajstić information content (AvgIpc) is 3.13. The van der Waals surface area contributed by atoms with Gasteiger partial charge in [0.25, 0.3) is 0 Å². The van der Waals surface area contributed by atoms with E-state index in [0.29, 0.717) is 13.0 Å². The number of nitrogens with zero attached hydrogens (tertiary/aromatic N) is 1. The minimum absolute atomic E-state index is 0.0353. The van der Waals surface area contributed by atoms with Crippen LogP contribution in [-0.2, 0) is 4.79 Å². The zero-order valence-corrected chi connectivity index (χ0v) is 15.1. The second-order valence-corrected chi connectivity index (χ2v) is 6.78. The summed E-state index contributed by atoms with van der Waals surface area (Å²) in [5, 5.41) is 6.31. The molecule has 0 radical (unpaired) electrons. The van der Waals surface area contributed by atoms with Gasteiger partial charge in [-0.15, -0.1) is 0 Å². The van der Waals surface area contributed by atoms with Crippen molar-refractivity contribution in [2.24, 2.45) is 0 Å². The normalized spacial score (nSPS) is 13.8. The molecule has 1 aliphatic rings. The molecule has 0 atom stereocenters. The third-order valence-corrected chi connectivity index (χ3v) is 4.68. The lowest BCUT2D eigenvalue weighted by Crippen LogP contribution is -2.18. The second-order valence-electron chi connectivity index (χ2n) is 6.78. The van der Waals surface area contributed by atoms with Gasteiger partial charge < -0.3 is 15.5 Å². The van der Waals surface area contributed by atoms with E-state index in [2.05, 4.69) is 52.8 Å². The lowest BCUT2D eigenvalue weighted by molar-refractivity contribution is -0.115. The van der Waals surface area contributed by atoms with Gasteiger partial charge in [-0.05, 0) is 62.6 Å². The molecule has 0 unspecified atom stereocenters. The molecule has 2 aromatic carbocycles. The smallest absolute Gasteiger partial charge is 0.226 e. The van der Waals surface area contributed by atoms with Crippen LogP contribution in [0.1, 0.15) is 30.4 Å². The summed E-state index contributed by atoms with van der Waals surface area (Å²) < 4.78 is 0. The molecule has 0 aromatic heterocycles. The largest absolute Gasteiger partial charge is 0.385 e. The number of nitrogens with one attached hydrogen (secondary N) is 2. The van der Waals surface area contributed by atoms with E-state index in [0.717, 1.165) is 30.0 Å². The van der Waals surface area contributed by atoms with Crippen LogP contribution in [0, 0.1) is 13.8 Å². The van der Waals surface area contributed by atoms with Crippen molar-refractivity contribution in [1.82, 2.24) is 0 Å². The lowest BCUT2D eigenvalue weighted by atomic mass is 10.1. The Labute approximate surface area is 150 Å². The molecule has 2 aromatic rings. The minimum Gasteiger partial charge on any atom is -0.385 e. The van der Waals surface area contributed by atoms with Crippen molar-refractivity contribution in [2.75, 3.05) is 35.2 Å². The predicted molar refractivity (Wildman–Crippen MR) is 106 cm³/mol. The number of aryl methyl sites for hydroxylation is 2. The highest BCUT2D eigenvalue weighted by Crippen LogP contribution is 2.22. The van der Waals surface area contributed by atoms with Crippen LogP contribution in [0.3, 0.4) is 0 Å².